The summed E-state index contributed by atoms with van der Waals surface area (Å²) in [5.41, 5.74) is -0.833. The molecule has 0 aliphatic heterocycles. The normalized spacial score (nSPS) is 13.6. The molecule has 0 spiro atoms. The first-order valence-electron chi connectivity index (χ1n) is 7.04. The molecule has 1 atom stereocenters. The first-order valence-corrected chi connectivity index (χ1v) is 7.04. The number of nitrogens with zero attached hydrogens (tertiary/aromatic N) is 3. The fourth-order valence-corrected chi connectivity index (χ4v) is 1.62. The van der Waals surface area contributed by atoms with Gasteiger partial charge in [0.25, 0.3) is 0 Å². The average molecular weight is 297 g/mol. The molecule has 118 valence electrons. The molecule has 1 heterocycles. The van der Waals surface area contributed by atoms with Crippen LogP contribution in [-0.2, 0) is 0 Å². The molecule has 0 fully saturated rings. The maximum atomic E-state index is 11.2. The Morgan fingerprint density at radius 2 is 2.00 bits per heavy atom. The van der Waals surface area contributed by atoms with Gasteiger partial charge in [-0.05, 0) is 26.7 Å². The summed E-state index contributed by atoms with van der Waals surface area (Å²) in [6.07, 6.45) is 1.42. The standard InChI is InChI=1S/C13H23N5O3/c1-5-7-14-12-16-9(3)10(18(20)21)11(17-12)15-8-13(4,19)6-2/h19H,5-8H2,1-4H3,(H2,14,15,16,17). The molecule has 0 amide bonds. The van der Waals surface area contributed by atoms with Crippen LogP contribution < -0.4 is 10.6 Å². The summed E-state index contributed by atoms with van der Waals surface area (Å²) in [4.78, 5) is 18.9. The van der Waals surface area contributed by atoms with Crippen molar-refractivity contribution in [1.29, 1.82) is 0 Å². The number of aromatic nitrogens is 2. The molecule has 1 rings (SSSR count). The molecule has 0 bridgehead atoms. The zero-order valence-electron chi connectivity index (χ0n) is 12.9. The highest BCUT2D eigenvalue weighted by atomic mass is 16.6. The molecular weight excluding hydrogens is 274 g/mol. The van der Waals surface area contributed by atoms with E-state index in [1.54, 1.807) is 13.8 Å². The first kappa shape index (κ1) is 17.1. The topological polar surface area (TPSA) is 113 Å². The van der Waals surface area contributed by atoms with Gasteiger partial charge in [-0.15, -0.1) is 0 Å². The van der Waals surface area contributed by atoms with Crippen LogP contribution in [0, 0.1) is 17.0 Å². The summed E-state index contributed by atoms with van der Waals surface area (Å²) in [5.74, 6) is 0.471. The fraction of sp³-hybridized carbons (Fsp3) is 0.692. The Bertz CT molecular complexity index is 505. The molecule has 0 radical (unpaired) electrons. The number of aryl methyl sites for hydroxylation is 1. The Morgan fingerprint density at radius 1 is 1.33 bits per heavy atom. The lowest BCUT2D eigenvalue weighted by atomic mass is 10.0. The molecule has 1 aromatic rings. The van der Waals surface area contributed by atoms with Crippen molar-refractivity contribution in [1.82, 2.24) is 9.97 Å². The molecule has 0 aromatic carbocycles. The van der Waals surface area contributed by atoms with Crippen molar-refractivity contribution in [3.63, 3.8) is 0 Å². The van der Waals surface area contributed by atoms with E-state index >= 15 is 0 Å². The van der Waals surface area contributed by atoms with Crippen molar-refractivity contribution in [3.8, 4) is 0 Å². The van der Waals surface area contributed by atoms with Crippen molar-refractivity contribution in [3.05, 3.63) is 15.8 Å². The summed E-state index contributed by atoms with van der Waals surface area (Å²) in [7, 11) is 0. The van der Waals surface area contributed by atoms with E-state index in [0.717, 1.165) is 6.42 Å². The quantitative estimate of drug-likeness (QED) is 0.497. The third-order valence-electron chi connectivity index (χ3n) is 3.17. The van der Waals surface area contributed by atoms with Crippen molar-refractivity contribution in [2.45, 2.75) is 46.1 Å². The van der Waals surface area contributed by atoms with Gasteiger partial charge in [0.2, 0.25) is 11.8 Å². The predicted molar refractivity (Wildman–Crippen MR) is 81.6 cm³/mol. The number of nitrogens with one attached hydrogen (secondary N) is 2. The summed E-state index contributed by atoms with van der Waals surface area (Å²) >= 11 is 0. The van der Waals surface area contributed by atoms with Crippen molar-refractivity contribution in [2.75, 3.05) is 23.7 Å². The van der Waals surface area contributed by atoms with Crippen molar-refractivity contribution < 1.29 is 10.0 Å². The van der Waals surface area contributed by atoms with E-state index in [1.807, 2.05) is 13.8 Å². The Hall–Kier alpha value is -1.96. The number of rotatable bonds is 8. The molecule has 0 aliphatic carbocycles. The van der Waals surface area contributed by atoms with E-state index in [2.05, 4.69) is 20.6 Å². The van der Waals surface area contributed by atoms with Gasteiger partial charge in [-0.2, -0.15) is 4.98 Å². The molecular formula is C13H23N5O3. The summed E-state index contributed by atoms with van der Waals surface area (Å²) in [5, 5.41) is 27.0. The van der Waals surface area contributed by atoms with E-state index in [4.69, 9.17) is 0 Å². The van der Waals surface area contributed by atoms with Gasteiger partial charge >= 0.3 is 5.69 Å². The van der Waals surface area contributed by atoms with E-state index in [-0.39, 0.29) is 23.7 Å². The SMILES string of the molecule is CCCNc1nc(C)c([N+](=O)[O-])c(NCC(C)(O)CC)n1. The van der Waals surface area contributed by atoms with E-state index in [0.29, 0.717) is 18.9 Å². The van der Waals surface area contributed by atoms with Crippen molar-refractivity contribution >= 4 is 17.5 Å². The van der Waals surface area contributed by atoms with Gasteiger partial charge in [0.15, 0.2) is 0 Å². The van der Waals surface area contributed by atoms with Crippen LogP contribution in [0.25, 0.3) is 0 Å². The zero-order chi connectivity index (χ0) is 16.0. The maximum absolute atomic E-state index is 11.2. The lowest BCUT2D eigenvalue weighted by Gasteiger charge is -2.22. The molecule has 8 heteroatoms. The van der Waals surface area contributed by atoms with Crippen LogP contribution in [0.5, 0.6) is 0 Å². The summed E-state index contributed by atoms with van der Waals surface area (Å²) < 4.78 is 0. The second-order valence-corrected chi connectivity index (χ2v) is 5.22. The highest BCUT2D eigenvalue weighted by Gasteiger charge is 2.24. The molecule has 0 aliphatic rings. The minimum Gasteiger partial charge on any atom is -0.388 e. The van der Waals surface area contributed by atoms with E-state index in [9.17, 15) is 15.2 Å². The van der Waals surface area contributed by atoms with Gasteiger partial charge in [0.1, 0.15) is 5.69 Å². The predicted octanol–water partition coefficient (Wildman–Crippen LogP) is 2.09. The lowest BCUT2D eigenvalue weighted by molar-refractivity contribution is -0.385. The Kier molecular flexibility index (Phi) is 5.83. The second kappa shape index (κ2) is 7.16. The number of hydrogen-bond donors (Lipinski definition) is 3. The lowest BCUT2D eigenvalue weighted by Crippen LogP contribution is -2.33. The summed E-state index contributed by atoms with van der Waals surface area (Å²) in [6, 6.07) is 0. The highest BCUT2D eigenvalue weighted by molar-refractivity contribution is 5.60. The number of anilines is 2. The van der Waals surface area contributed by atoms with Crippen LogP contribution in [-0.4, -0.2) is 38.7 Å². The van der Waals surface area contributed by atoms with Crippen LogP contribution in [0.3, 0.4) is 0 Å². The fourth-order valence-electron chi connectivity index (χ4n) is 1.62. The maximum Gasteiger partial charge on any atom is 0.332 e. The zero-order valence-corrected chi connectivity index (χ0v) is 12.9. The molecule has 8 nitrogen and oxygen atoms in total. The Labute approximate surface area is 124 Å². The van der Waals surface area contributed by atoms with E-state index < -0.39 is 10.5 Å². The number of hydrogen-bond acceptors (Lipinski definition) is 7. The van der Waals surface area contributed by atoms with Gasteiger partial charge in [0.05, 0.1) is 10.5 Å². The molecule has 1 aromatic heterocycles. The van der Waals surface area contributed by atoms with Gasteiger partial charge in [-0.25, -0.2) is 4.98 Å². The highest BCUT2D eigenvalue weighted by Crippen LogP contribution is 2.27. The van der Waals surface area contributed by atoms with Gasteiger partial charge in [0, 0.05) is 13.1 Å². The van der Waals surface area contributed by atoms with Crippen LogP contribution in [0.1, 0.15) is 39.3 Å². The first-order chi connectivity index (χ1) is 9.80. The molecule has 3 N–H and O–H groups in total. The van der Waals surface area contributed by atoms with Crippen molar-refractivity contribution in [2.24, 2.45) is 0 Å². The molecule has 0 saturated carbocycles. The number of nitro groups is 1. The molecule has 0 saturated heterocycles. The van der Waals surface area contributed by atoms with Crippen LogP contribution in [0.4, 0.5) is 17.5 Å². The Balaban J connectivity index is 3.07. The third-order valence-corrected chi connectivity index (χ3v) is 3.17. The van der Waals surface area contributed by atoms with E-state index in [1.165, 1.54) is 0 Å². The average Bonchev–Trinajstić information content (AvgIpc) is 2.42. The Morgan fingerprint density at radius 3 is 2.52 bits per heavy atom. The summed E-state index contributed by atoms with van der Waals surface area (Å²) in [6.45, 7) is 7.94. The number of aliphatic hydroxyl groups is 1. The van der Waals surface area contributed by atoms with Crippen LogP contribution in [0.2, 0.25) is 0 Å². The van der Waals surface area contributed by atoms with Gasteiger partial charge in [-0.1, -0.05) is 13.8 Å². The minimum atomic E-state index is -0.955. The smallest absolute Gasteiger partial charge is 0.332 e. The van der Waals surface area contributed by atoms with Crippen LogP contribution >= 0.6 is 0 Å². The van der Waals surface area contributed by atoms with Gasteiger partial charge in [-0.3, -0.25) is 10.1 Å². The second-order valence-electron chi connectivity index (χ2n) is 5.22. The minimum absolute atomic E-state index is 0.125. The monoisotopic (exact) mass is 297 g/mol. The third kappa shape index (κ3) is 4.82. The van der Waals surface area contributed by atoms with Gasteiger partial charge < -0.3 is 15.7 Å². The largest absolute Gasteiger partial charge is 0.388 e. The molecule has 1 unspecified atom stereocenters. The van der Waals surface area contributed by atoms with Crippen LogP contribution in [0.15, 0.2) is 0 Å². The molecule has 21 heavy (non-hydrogen) atoms.